The average molecular weight is 205 g/mol. The van der Waals surface area contributed by atoms with Crippen molar-refractivity contribution in [3.05, 3.63) is 34.9 Å². The standard InChI is InChI=1S/C13H19NO/c1-5-12(14-4)13(15)11-8-9(2)6-7-10(11)3/h6-8,12,14H,5H2,1-4H3. The topological polar surface area (TPSA) is 29.1 Å². The molecule has 0 bridgehead atoms. The van der Waals surface area contributed by atoms with Crippen molar-refractivity contribution in [3.8, 4) is 0 Å². The molecule has 0 heterocycles. The number of hydrogen-bond acceptors (Lipinski definition) is 2. The molecule has 0 fully saturated rings. The molecule has 1 rings (SSSR count). The number of carbonyl (C=O) groups excluding carboxylic acids is 1. The minimum atomic E-state index is -0.0644. The van der Waals surface area contributed by atoms with E-state index in [1.165, 1.54) is 0 Å². The Balaban J connectivity index is 3.04. The van der Waals surface area contributed by atoms with E-state index in [0.717, 1.165) is 23.1 Å². The highest BCUT2D eigenvalue weighted by atomic mass is 16.1. The molecule has 0 spiro atoms. The van der Waals surface area contributed by atoms with Crippen LogP contribution in [0.2, 0.25) is 0 Å². The third kappa shape index (κ3) is 2.66. The zero-order valence-corrected chi connectivity index (χ0v) is 9.92. The van der Waals surface area contributed by atoms with E-state index in [-0.39, 0.29) is 11.8 Å². The highest BCUT2D eigenvalue weighted by molar-refractivity contribution is 6.01. The van der Waals surface area contributed by atoms with Crippen molar-refractivity contribution >= 4 is 5.78 Å². The molecule has 0 aliphatic rings. The highest BCUT2D eigenvalue weighted by Gasteiger charge is 2.17. The first-order valence-electron chi connectivity index (χ1n) is 5.38. The largest absolute Gasteiger partial charge is 0.310 e. The first-order valence-corrected chi connectivity index (χ1v) is 5.38. The molecule has 15 heavy (non-hydrogen) atoms. The lowest BCUT2D eigenvalue weighted by Crippen LogP contribution is -2.33. The average Bonchev–Trinajstić information content (AvgIpc) is 2.23. The molecule has 1 atom stereocenters. The van der Waals surface area contributed by atoms with Gasteiger partial charge in [-0.15, -0.1) is 0 Å². The fraction of sp³-hybridized carbons (Fsp3) is 0.462. The first kappa shape index (κ1) is 11.9. The van der Waals surface area contributed by atoms with E-state index in [1.54, 1.807) is 0 Å². The molecular formula is C13H19NO. The van der Waals surface area contributed by atoms with E-state index in [0.29, 0.717) is 0 Å². The third-order valence-corrected chi connectivity index (χ3v) is 2.73. The SMILES string of the molecule is CCC(NC)C(=O)c1cc(C)ccc1C. The summed E-state index contributed by atoms with van der Waals surface area (Å²) in [5.41, 5.74) is 3.03. The van der Waals surface area contributed by atoms with E-state index < -0.39 is 0 Å². The second kappa shape index (κ2) is 5.08. The van der Waals surface area contributed by atoms with Gasteiger partial charge in [0.05, 0.1) is 6.04 Å². The molecule has 0 saturated carbocycles. The summed E-state index contributed by atoms with van der Waals surface area (Å²) in [5, 5.41) is 3.05. The fourth-order valence-corrected chi connectivity index (χ4v) is 1.71. The molecular weight excluding hydrogens is 186 g/mol. The molecule has 82 valence electrons. The number of ketones is 1. The van der Waals surface area contributed by atoms with Crippen molar-refractivity contribution in [1.29, 1.82) is 0 Å². The minimum absolute atomic E-state index is 0.0644. The maximum atomic E-state index is 12.1. The number of likely N-dealkylation sites (N-methyl/N-ethyl adjacent to an activating group) is 1. The van der Waals surface area contributed by atoms with E-state index in [1.807, 2.05) is 46.0 Å². The van der Waals surface area contributed by atoms with E-state index in [4.69, 9.17) is 0 Å². The quantitative estimate of drug-likeness (QED) is 0.765. The lowest BCUT2D eigenvalue weighted by atomic mass is 9.96. The Morgan fingerprint density at radius 3 is 2.60 bits per heavy atom. The summed E-state index contributed by atoms with van der Waals surface area (Å²) in [7, 11) is 1.83. The Morgan fingerprint density at radius 1 is 1.40 bits per heavy atom. The molecule has 0 radical (unpaired) electrons. The van der Waals surface area contributed by atoms with Crippen molar-refractivity contribution in [2.75, 3.05) is 7.05 Å². The van der Waals surface area contributed by atoms with Crippen molar-refractivity contribution in [3.63, 3.8) is 0 Å². The first-order chi connectivity index (χ1) is 7.10. The summed E-state index contributed by atoms with van der Waals surface area (Å²) >= 11 is 0. The molecule has 0 aromatic heterocycles. The van der Waals surface area contributed by atoms with Gasteiger partial charge in [-0.25, -0.2) is 0 Å². The second-order valence-electron chi connectivity index (χ2n) is 3.93. The number of aryl methyl sites for hydroxylation is 2. The Bertz CT molecular complexity index is 354. The Labute approximate surface area is 91.7 Å². The van der Waals surface area contributed by atoms with E-state index in [9.17, 15) is 4.79 Å². The number of hydrogen-bond donors (Lipinski definition) is 1. The van der Waals surface area contributed by atoms with Crippen LogP contribution in [0.4, 0.5) is 0 Å². The fourth-order valence-electron chi connectivity index (χ4n) is 1.71. The number of Topliss-reactive ketones (excluding diaryl/α,β-unsaturated/α-hetero) is 1. The molecule has 0 aliphatic heterocycles. The molecule has 1 aromatic carbocycles. The Kier molecular flexibility index (Phi) is 4.04. The van der Waals surface area contributed by atoms with Crippen LogP contribution in [0.15, 0.2) is 18.2 Å². The molecule has 1 unspecified atom stereocenters. The van der Waals surface area contributed by atoms with Gasteiger partial charge in [0.15, 0.2) is 5.78 Å². The van der Waals surface area contributed by atoms with Crippen LogP contribution >= 0.6 is 0 Å². The van der Waals surface area contributed by atoms with Crippen LogP contribution in [-0.4, -0.2) is 18.9 Å². The van der Waals surface area contributed by atoms with Gasteiger partial charge in [-0.05, 0) is 38.9 Å². The monoisotopic (exact) mass is 205 g/mol. The summed E-state index contributed by atoms with van der Waals surface area (Å²) in [6.07, 6.45) is 0.822. The maximum absolute atomic E-state index is 12.1. The van der Waals surface area contributed by atoms with Crippen LogP contribution in [0, 0.1) is 13.8 Å². The van der Waals surface area contributed by atoms with Gasteiger partial charge in [-0.2, -0.15) is 0 Å². The van der Waals surface area contributed by atoms with Crippen molar-refractivity contribution in [2.45, 2.75) is 33.2 Å². The molecule has 0 aliphatic carbocycles. The van der Waals surface area contributed by atoms with Crippen LogP contribution in [0.3, 0.4) is 0 Å². The van der Waals surface area contributed by atoms with Gasteiger partial charge < -0.3 is 5.32 Å². The van der Waals surface area contributed by atoms with Gasteiger partial charge >= 0.3 is 0 Å². The van der Waals surface area contributed by atoms with Crippen LogP contribution < -0.4 is 5.32 Å². The highest BCUT2D eigenvalue weighted by Crippen LogP contribution is 2.13. The van der Waals surface area contributed by atoms with Crippen LogP contribution in [-0.2, 0) is 0 Å². The normalized spacial score (nSPS) is 12.5. The summed E-state index contributed by atoms with van der Waals surface area (Å²) in [4.78, 5) is 12.1. The van der Waals surface area contributed by atoms with Gasteiger partial charge in [-0.1, -0.05) is 24.6 Å². The van der Waals surface area contributed by atoms with Gasteiger partial charge in [0.2, 0.25) is 0 Å². The number of nitrogens with one attached hydrogen (secondary N) is 1. The predicted molar refractivity (Wildman–Crippen MR) is 63.4 cm³/mol. The van der Waals surface area contributed by atoms with Crippen LogP contribution in [0.5, 0.6) is 0 Å². The summed E-state index contributed by atoms with van der Waals surface area (Å²) in [5.74, 6) is 0.196. The smallest absolute Gasteiger partial charge is 0.179 e. The van der Waals surface area contributed by atoms with Gasteiger partial charge in [0, 0.05) is 5.56 Å². The summed E-state index contributed by atoms with van der Waals surface area (Å²) in [6.45, 7) is 6.01. The Morgan fingerprint density at radius 2 is 2.07 bits per heavy atom. The summed E-state index contributed by atoms with van der Waals surface area (Å²) < 4.78 is 0. The molecule has 2 nitrogen and oxygen atoms in total. The lowest BCUT2D eigenvalue weighted by Gasteiger charge is -2.14. The van der Waals surface area contributed by atoms with Gasteiger partial charge in [0.25, 0.3) is 0 Å². The molecule has 1 N–H and O–H groups in total. The molecule has 2 heteroatoms. The number of benzene rings is 1. The van der Waals surface area contributed by atoms with Crippen molar-refractivity contribution in [1.82, 2.24) is 5.32 Å². The van der Waals surface area contributed by atoms with Crippen LogP contribution in [0.1, 0.15) is 34.8 Å². The van der Waals surface area contributed by atoms with E-state index >= 15 is 0 Å². The predicted octanol–water partition coefficient (Wildman–Crippen LogP) is 2.48. The zero-order chi connectivity index (χ0) is 11.4. The second-order valence-corrected chi connectivity index (χ2v) is 3.93. The van der Waals surface area contributed by atoms with Crippen LogP contribution in [0.25, 0.3) is 0 Å². The maximum Gasteiger partial charge on any atom is 0.179 e. The zero-order valence-electron chi connectivity index (χ0n) is 9.92. The number of rotatable bonds is 4. The van der Waals surface area contributed by atoms with Gasteiger partial charge in [-0.3, -0.25) is 4.79 Å². The lowest BCUT2D eigenvalue weighted by molar-refractivity contribution is 0.0944. The minimum Gasteiger partial charge on any atom is -0.310 e. The number of carbonyl (C=O) groups is 1. The van der Waals surface area contributed by atoms with Crippen molar-refractivity contribution in [2.24, 2.45) is 0 Å². The Hall–Kier alpha value is -1.15. The molecule has 0 amide bonds. The summed E-state index contributed by atoms with van der Waals surface area (Å²) in [6, 6.07) is 5.94. The van der Waals surface area contributed by atoms with E-state index in [2.05, 4.69) is 5.32 Å². The van der Waals surface area contributed by atoms with Crippen molar-refractivity contribution < 1.29 is 4.79 Å². The molecule has 1 aromatic rings. The molecule has 0 saturated heterocycles. The van der Waals surface area contributed by atoms with Gasteiger partial charge in [0.1, 0.15) is 0 Å². The third-order valence-electron chi connectivity index (χ3n) is 2.73.